The van der Waals surface area contributed by atoms with Gasteiger partial charge in [-0.1, -0.05) is 41.9 Å². The third kappa shape index (κ3) is 6.25. The second-order valence-electron chi connectivity index (χ2n) is 6.46. The molecule has 6 nitrogen and oxygen atoms in total. The summed E-state index contributed by atoms with van der Waals surface area (Å²) in [6, 6.07) is 23.1. The molecule has 0 spiro atoms. The van der Waals surface area contributed by atoms with E-state index in [1.165, 1.54) is 0 Å². The van der Waals surface area contributed by atoms with Gasteiger partial charge in [0.1, 0.15) is 18.1 Å². The first-order valence-electron chi connectivity index (χ1n) is 9.30. The first-order chi connectivity index (χ1) is 14.5. The van der Waals surface area contributed by atoms with Crippen molar-refractivity contribution in [1.29, 1.82) is 0 Å². The number of carbonyl (C=O) groups excluding carboxylic acids is 2. The predicted octanol–water partition coefficient (Wildman–Crippen LogP) is 4.15. The topological polar surface area (TPSA) is 76.7 Å². The van der Waals surface area contributed by atoms with Gasteiger partial charge < -0.3 is 9.47 Å². The van der Waals surface area contributed by atoms with Crippen molar-refractivity contribution in [1.82, 2.24) is 10.9 Å². The van der Waals surface area contributed by atoms with Crippen molar-refractivity contribution in [2.24, 2.45) is 0 Å². The van der Waals surface area contributed by atoms with E-state index >= 15 is 0 Å². The van der Waals surface area contributed by atoms with E-state index in [2.05, 4.69) is 10.9 Å². The molecule has 0 bridgehead atoms. The standard InChI is InChI=1S/C23H21ClN2O4/c1-16(30-21-13-9-19(24)10-14-21)22(27)25-26-23(28)18-7-11-20(12-8-18)29-15-17-5-3-2-4-6-17/h2-14,16H,15H2,1H3,(H,25,27)(H,26,28). The molecule has 30 heavy (non-hydrogen) atoms. The maximum atomic E-state index is 12.2. The van der Waals surface area contributed by atoms with Crippen LogP contribution in [0.4, 0.5) is 0 Å². The summed E-state index contributed by atoms with van der Waals surface area (Å²) in [5.74, 6) is 0.210. The Labute approximate surface area is 179 Å². The summed E-state index contributed by atoms with van der Waals surface area (Å²) < 4.78 is 11.2. The lowest BCUT2D eigenvalue weighted by molar-refractivity contribution is -0.128. The highest BCUT2D eigenvalue weighted by Gasteiger charge is 2.16. The summed E-state index contributed by atoms with van der Waals surface area (Å²) in [4.78, 5) is 24.4. The smallest absolute Gasteiger partial charge is 0.279 e. The third-order valence-electron chi connectivity index (χ3n) is 4.16. The molecular formula is C23H21ClN2O4. The van der Waals surface area contributed by atoms with Crippen LogP contribution in [0.3, 0.4) is 0 Å². The first kappa shape index (κ1) is 21.2. The van der Waals surface area contributed by atoms with E-state index in [0.29, 0.717) is 28.7 Å². The Balaban J connectivity index is 1.45. The summed E-state index contributed by atoms with van der Waals surface area (Å²) in [6.45, 7) is 2.02. The number of nitrogens with one attached hydrogen (secondary N) is 2. The minimum Gasteiger partial charge on any atom is -0.489 e. The second-order valence-corrected chi connectivity index (χ2v) is 6.89. The normalized spacial score (nSPS) is 11.3. The monoisotopic (exact) mass is 424 g/mol. The van der Waals surface area contributed by atoms with Gasteiger partial charge in [-0.25, -0.2) is 0 Å². The number of hydrogen-bond donors (Lipinski definition) is 2. The van der Waals surface area contributed by atoms with Crippen LogP contribution in [0.15, 0.2) is 78.9 Å². The van der Waals surface area contributed by atoms with E-state index in [4.69, 9.17) is 21.1 Å². The third-order valence-corrected chi connectivity index (χ3v) is 4.41. The van der Waals surface area contributed by atoms with Crippen LogP contribution in [0.25, 0.3) is 0 Å². The van der Waals surface area contributed by atoms with Crippen LogP contribution in [-0.4, -0.2) is 17.9 Å². The van der Waals surface area contributed by atoms with Crippen LogP contribution in [0, 0.1) is 0 Å². The quantitative estimate of drug-likeness (QED) is 0.559. The Morgan fingerprint density at radius 1 is 0.867 bits per heavy atom. The Hall–Kier alpha value is -3.51. The number of halogens is 1. The summed E-state index contributed by atoms with van der Waals surface area (Å²) in [6.07, 6.45) is -0.805. The Morgan fingerprint density at radius 3 is 2.17 bits per heavy atom. The molecule has 3 aromatic carbocycles. The van der Waals surface area contributed by atoms with Crippen molar-refractivity contribution in [3.05, 3.63) is 95.0 Å². The molecule has 3 rings (SSSR count). The minimum absolute atomic E-state index is 0.383. The highest BCUT2D eigenvalue weighted by Crippen LogP contribution is 2.17. The number of amides is 2. The maximum Gasteiger partial charge on any atom is 0.279 e. The van der Waals surface area contributed by atoms with Crippen molar-refractivity contribution in [3.63, 3.8) is 0 Å². The summed E-state index contributed by atoms with van der Waals surface area (Å²) in [5.41, 5.74) is 6.16. The lowest BCUT2D eigenvalue weighted by Gasteiger charge is -2.15. The fourth-order valence-electron chi connectivity index (χ4n) is 2.51. The number of hydrazine groups is 1. The molecule has 0 saturated carbocycles. The van der Waals surface area contributed by atoms with Crippen LogP contribution in [-0.2, 0) is 11.4 Å². The lowest BCUT2D eigenvalue weighted by Crippen LogP contribution is -2.47. The molecule has 2 N–H and O–H groups in total. The van der Waals surface area contributed by atoms with Gasteiger partial charge in [-0.05, 0) is 61.0 Å². The summed E-state index contributed by atoms with van der Waals surface area (Å²) in [7, 11) is 0. The van der Waals surface area contributed by atoms with E-state index in [0.717, 1.165) is 5.56 Å². The first-order valence-corrected chi connectivity index (χ1v) is 9.68. The van der Waals surface area contributed by atoms with Crippen molar-refractivity contribution in [2.75, 3.05) is 0 Å². The SMILES string of the molecule is CC(Oc1ccc(Cl)cc1)C(=O)NNC(=O)c1ccc(OCc2ccccc2)cc1. The predicted molar refractivity (Wildman–Crippen MR) is 114 cm³/mol. The van der Waals surface area contributed by atoms with Gasteiger partial charge in [0.2, 0.25) is 0 Å². The zero-order valence-electron chi connectivity index (χ0n) is 16.3. The average Bonchev–Trinajstić information content (AvgIpc) is 2.78. The molecule has 0 radical (unpaired) electrons. The second kappa shape index (κ2) is 10.3. The fourth-order valence-corrected chi connectivity index (χ4v) is 2.63. The van der Waals surface area contributed by atoms with Crippen LogP contribution in [0.5, 0.6) is 11.5 Å². The summed E-state index contributed by atoms with van der Waals surface area (Å²) >= 11 is 5.82. The molecule has 0 aliphatic heterocycles. The number of hydrogen-bond acceptors (Lipinski definition) is 4. The average molecular weight is 425 g/mol. The number of carbonyl (C=O) groups is 2. The highest BCUT2D eigenvalue weighted by molar-refractivity contribution is 6.30. The molecule has 154 valence electrons. The van der Waals surface area contributed by atoms with Crippen molar-refractivity contribution < 1.29 is 19.1 Å². The van der Waals surface area contributed by atoms with Crippen molar-refractivity contribution in [3.8, 4) is 11.5 Å². The van der Waals surface area contributed by atoms with Gasteiger partial charge >= 0.3 is 0 Å². The highest BCUT2D eigenvalue weighted by atomic mass is 35.5. The number of benzene rings is 3. The van der Waals surface area contributed by atoms with Gasteiger partial charge in [0.25, 0.3) is 11.8 Å². The van der Waals surface area contributed by atoms with Crippen LogP contribution >= 0.6 is 11.6 Å². The molecule has 0 heterocycles. The van der Waals surface area contributed by atoms with Crippen molar-refractivity contribution in [2.45, 2.75) is 19.6 Å². The molecule has 0 fully saturated rings. The number of ether oxygens (including phenoxy) is 2. The fraction of sp³-hybridized carbons (Fsp3) is 0.130. The molecule has 1 atom stereocenters. The molecule has 7 heteroatoms. The maximum absolute atomic E-state index is 12.2. The number of rotatable bonds is 7. The van der Waals surface area contributed by atoms with Gasteiger partial charge in [0.05, 0.1) is 0 Å². The van der Waals surface area contributed by atoms with E-state index in [-0.39, 0.29) is 0 Å². The zero-order valence-corrected chi connectivity index (χ0v) is 17.1. The van der Waals surface area contributed by atoms with E-state index in [1.807, 2.05) is 30.3 Å². The van der Waals surface area contributed by atoms with Gasteiger partial charge in [0.15, 0.2) is 6.10 Å². The van der Waals surface area contributed by atoms with Gasteiger partial charge in [-0.15, -0.1) is 0 Å². The van der Waals surface area contributed by atoms with E-state index in [9.17, 15) is 9.59 Å². The molecule has 0 aliphatic rings. The minimum atomic E-state index is -0.805. The molecular weight excluding hydrogens is 404 g/mol. The molecule has 1 unspecified atom stereocenters. The van der Waals surface area contributed by atoms with Crippen LogP contribution in [0.2, 0.25) is 5.02 Å². The summed E-state index contributed by atoms with van der Waals surface area (Å²) in [5, 5.41) is 0.572. The van der Waals surface area contributed by atoms with Gasteiger partial charge in [-0.2, -0.15) is 0 Å². The lowest BCUT2D eigenvalue weighted by atomic mass is 10.2. The molecule has 0 saturated heterocycles. The van der Waals surface area contributed by atoms with Gasteiger partial charge in [-0.3, -0.25) is 20.4 Å². The Bertz CT molecular complexity index is 976. The van der Waals surface area contributed by atoms with E-state index < -0.39 is 17.9 Å². The zero-order chi connectivity index (χ0) is 21.3. The molecule has 3 aromatic rings. The Morgan fingerprint density at radius 2 is 1.50 bits per heavy atom. The Kier molecular flexibility index (Phi) is 7.29. The van der Waals surface area contributed by atoms with Crippen molar-refractivity contribution >= 4 is 23.4 Å². The largest absolute Gasteiger partial charge is 0.489 e. The molecule has 0 aliphatic carbocycles. The van der Waals surface area contributed by atoms with Crippen LogP contribution < -0.4 is 20.3 Å². The van der Waals surface area contributed by atoms with Crippen LogP contribution in [0.1, 0.15) is 22.8 Å². The van der Waals surface area contributed by atoms with Gasteiger partial charge in [0, 0.05) is 10.6 Å². The molecule has 2 amide bonds. The molecule has 0 aromatic heterocycles. The van der Waals surface area contributed by atoms with E-state index in [1.54, 1.807) is 55.5 Å².